The summed E-state index contributed by atoms with van der Waals surface area (Å²) in [6, 6.07) is 9.35. The Bertz CT molecular complexity index is 703. The fourth-order valence-electron chi connectivity index (χ4n) is 3.27. The third kappa shape index (κ3) is 3.67. The Balaban J connectivity index is 1.91. The number of hydrogen-bond acceptors (Lipinski definition) is 5. The van der Waals surface area contributed by atoms with Crippen LogP contribution in [-0.4, -0.2) is 50.3 Å². The van der Waals surface area contributed by atoms with Crippen LogP contribution < -0.4 is 0 Å². The highest BCUT2D eigenvalue weighted by Crippen LogP contribution is 2.47. The average molecular weight is 496 g/mol. The molecule has 6 atom stereocenters. The lowest BCUT2D eigenvalue weighted by atomic mass is 9.92. The van der Waals surface area contributed by atoms with Crippen molar-refractivity contribution in [3.05, 3.63) is 45.3 Å². The van der Waals surface area contributed by atoms with E-state index in [1.807, 2.05) is 30.3 Å². The SMILES string of the molecule is CO[C@@]1(C)O[C@@H]2[C@H](OCc3ccccc3)[C@@H](F)C(I)=C(F)[C@H]2O[C@]1(C)OC. The Hall–Kier alpha value is -0.650. The predicted octanol–water partition coefficient (Wildman–Crippen LogP) is 4.05. The lowest BCUT2D eigenvalue weighted by Gasteiger charge is -2.54. The molecular formula is C19H23F2IO5. The topological polar surface area (TPSA) is 46.2 Å². The third-order valence-electron chi connectivity index (χ3n) is 5.23. The summed E-state index contributed by atoms with van der Waals surface area (Å²) in [6.45, 7) is 3.36. The molecule has 1 aromatic carbocycles. The maximum absolute atomic E-state index is 15.0. The van der Waals surface area contributed by atoms with Gasteiger partial charge in [0.25, 0.3) is 0 Å². The van der Waals surface area contributed by atoms with E-state index in [-0.39, 0.29) is 10.2 Å². The number of methoxy groups -OCH3 is 2. The van der Waals surface area contributed by atoms with Crippen LogP contribution in [0.2, 0.25) is 0 Å². The molecule has 0 radical (unpaired) electrons. The minimum absolute atomic E-state index is 0.0880. The Morgan fingerprint density at radius 2 is 1.67 bits per heavy atom. The normalized spacial score (nSPS) is 39.4. The number of hydrogen-bond donors (Lipinski definition) is 0. The summed E-state index contributed by atoms with van der Waals surface area (Å²) in [5.74, 6) is -3.47. The zero-order valence-electron chi connectivity index (χ0n) is 15.6. The first-order chi connectivity index (χ1) is 12.8. The molecule has 150 valence electrons. The first kappa shape index (κ1) is 21.1. The van der Waals surface area contributed by atoms with Gasteiger partial charge >= 0.3 is 0 Å². The number of alkyl halides is 1. The zero-order chi connectivity index (χ0) is 19.8. The highest BCUT2D eigenvalue weighted by molar-refractivity contribution is 14.1. The molecule has 1 heterocycles. The fraction of sp³-hybridized carbons (Fsp3) is 0.579. The molecule has 1 saturated heterocycles. The van der Waals surface area contributed by atoms with Crippen molar-refractivity contribution in [3.63, 3.8) is 0 Å². The number of ether oxygens (including phenoxy) is 5. The summed E-state index contributed by atoms with van der Waals surface area (Å²) in [5, 5.41) is 0. The molecule has 8 heteroatoms. The number of benzene rings is 1. The van der Waals surface area contributed by atoms with Gasteiger partial charge in [-0.15, -0.1) is 0 Å². The van der Waals surface area contributed by atoms with Crippen LogP contribution in [0.4, 0.5) is 8.78 Å². The Morgan fingerprint density at radius 1 is 1.07 bits per heavy atom. The molecule has 1 aliphatic heterocycles. The minimum Gasteiger partial charge on any atom is -0.367 e. The standard InChI is InChI=1S/C19H23F2IO5/c1-18(23-3)19(2,24-4)27-17-15(25-10-11-8-6-5-7-9-11)12(20)14(22)13(21)16(17)26-18/h5-9,12,15-17H,10H2,1-4H3/t12-,15+,16+,17+,18-,19-/m0/s1. The van der Waals surface area contributed by atoms with E-state index >= 15 is 0 Å². The number of fused-ring (bicyclic) bond motifs is 1. The van der Waals surface area contributed by atoms with Crippen molar-refractivity contribution < 1.29 is 32.5 Å². The minimum atomic E-state index is -1.67. The first-order valence-electron chi connectivity index (χ1n) is 8.57. The Morgan fingerprint density at radius 3 is 2.26 bits per heavy atom. The summed E-state index contributed by atoms with van der Waals surface area (Å²) >= 11 is 1.65. The van der Waals surface area contributed by atoms with Crippen LogP contribution in [0, 0.1) is 0 Å². The molecule has 1 aromatic rings. The predicted molar refractivity (Wildman–Crippen MR) is 103 cm³/mol. The van der Waals surface area contributed by atoms with Gasteiger partial charge in [-0.05, 0) is 42.0 Å². The summed E-state index contributed by atoms with van der Waals surface area (Å²) in [6.07, 6.45) is -4.92. The molecule has 0 unspecified atom stereocenters. The lowest BCUT2D eigenvalue weighted by Crippen LogP contribution is -2.69. The van der Waals surface area contributed by atoms with Crippen molar-refractivity contribution in [2.75, 3.05) is 14.2 Å². The van der Waals surface area contributed by atoms with E-state index in [2.05, 4.69) is 0 Å². The molecule has 27 heavy (non-hydrogen) atoms. The molecule has 0 amide bonds. The van der Waals surface area contributed by atoms with Gasteiger partial charge in [0.05, 0.1) is 10.2 Å². The van der Waals surface area contributed by atoms with Gasteiger partial charge in [0.1, 0.15) is 24.1 Å². The highest BCUT2D eigenvalue weighted by atomic mass is 127. The first-order valence-corrected chi connectivity index (χ1v) is 9.65. The van der Waals surface area contributed by atoms with Crippen molar-refractivity contribution >= 4 is 22.6 Å². The van der Waals surface area contributed by atoms with Crippen molar-refractivity contribution in [3.8, 4) is 0 Å². The summed E-state index contributed by atoms with van der Waals surface area (Å²) in [7, 11) is 2.84. The Labute approximate surface area is 171 Å². The van der Waals surface area contributed by atoms with E-state index < -0.39 is 41.9 Å². The molecule has 1 aliphatic carbocycles. The quantitative estimate of drug-likeness (QED) is 0.576. The summed E-state index contributed by atoms with van der Waals surface area (Å²) < 4.78 is 58.3. The summed E-state index contributed by atoms with van der Waals surface area (Å²) in [5.41, 5.74) is 0.874. The van der Waals surface area contributed by atoms with Gasteiger partial charge in [-0.3, -0.25) is 0 Å². The largest absolute Gasteiger partial charge is 0.367 e. The van der Waals surface area contributed by atoms with Gasteiger partial charge in [0, 0.05) is 14.2 Å². The maximum Gasteiger partial charge on any atom is 0.220 e. The average Bonchev–Trinajstić information content (AvgIpc) is 2.69. The van der Waals surface area contributed by atoms with Crippen LogP contribution in [0.3, 0.4) is 0 Å². The van der Waals surface area contributed by atoms with Gasteiger partial charge in [0.2, 0.25) is 11.6 Å². The smallest absolute Gasteiger partial charge is 0.220 e. The lowest BCUT2D eigenvalue weighted by molar-refractivity contribution is -0.454. The molecular weight excluding hydrogens is 473 g/mol. The molecule has 0 spiro atoms. The van der Waals surface area contributed by atoms with Crippen LogP contribution in [0.1, 0.15) is 19.4 Å². The second kappa shape index (κ2) is 8.00. The van der Waals surface area contributed by atoms with Crippen LogP contribution >= 0.6 is 22.6 Å². The molecule has 1 fully saturated rings. The van der Waals surface area contributed by atoms with E-state index in [0.717, 1.165) is 5.56 Å². The van der Waals surface area contributed by atoms with Crippen molar-refractivity contribution in [1.82, 2.24) is 0 Å². The van der Waals surface area contributed by atoms with Crippen molar-refractivity contribution in [2.45, 2.75) is 56.5 Å². The van der Waals surface area contributed by atoms with Gasteiger partial charge < -0.3 is 23.7 Å². The van der Waals surface area contributed by atoms with Crippen molar-refractivity contribution in [2.24, 2.45) is 0 Å². The molecule has 0 bridgehead atoms. The van der Waals surface area contributed by atoms with Crippen LogP contribution in [0.25, 0.3) is 0 Å². The van der Waals surface area contributed by atoms with E-state index in [1.54, 1.807) is 36.4 Å². The van der Waals surface area contributed by atoms with Crippen LogP contribution in [0.15, 0.2) is 39.7 Å². The summed E-state index contributed by atoms with van der Waals surface area (Å²) in [4.78, 5) is 0. The highest BCUT2D eigenvalue weighted by Gasteiger charge is 2.62. The second-order valence-corrected chi connectivity index (χ2v) is 7.94. The van der Waals surface area contributed by atoms with Gasteiger partial charge in [-0.2, -0.15) is 0 Å². The van der Waals surface area contributed by atoms with Crippen molar-refractivity contribution in [1.29, 1.82) is 0 Å². The number of halogens is 3. The second-order valence-electron chi connectivity index (χ2n) is 6.78. The molecule has 0 saturated carbocycles. The van der Waals surface area contributed by atoms with Gasteiger partial charge in [-0.25, -0.2) is 8.78 Å². The van der Waals surface area contributed by atoms with Crippen LogP contribution in [-0.2, 0) is 30.3 Å². The Kier molecular flexibility index (Phi) is 6.24. The van der Waals surface area contributed by atoms with Gasteiger partial charge in [0.15, 0.2) is 6.17 Å². The molecule has 2 aliphatic rings. The zero-order valence-corrected chi connectivity index (χ0v) is 17.7. The molecule has 5 nitrogen and oxygen atoms in total. The van der Waals surface area contributed by atoms with E-state index in [4.69, 9.17) is 23.7 Å². The van der Waals surface area contributed by atoms with Crippen LogP contribution in [0.5, 0.6) is 0 Å². The fourth-order valence-corrected chi connectivity index (χ4v) is 3.93. The molecule has 0 aromatic heterocycles. The number of rotatable bonds is 5. The molecule has 3 rings (SSSR count). The van der Waals surface area contributed by atoms with E-state index in [0.29, 0.717) is 0 Å². The van der Waals surface area contributed by atoms with E-state index in [9.17, 15) is 8.78 Å². The van der Waals surface area contributed by atoms with E-state index in [1.165, 1.54) is 14.2 Å². The monoisotopic (exact) mass is 496 g/mol. The molecule has 0 N–H and O–H groups in total. The third-order valence-corrected chi connectivity index (χ3v) is 6.34. The van der Waals surface area contributed by atoms with Gasteiger partial charge in [-0.1, -0.05) is 30.3 Å². The maximum atomic E-state index is 15.0.